The molecule has 1 aliphatic carbocycles. The van der Waals surface area contributed by atoms with E-state index in [0.29, 0.717) is 17.6 Å². The Hall–Kier alpha value is -2.80. The van der Waals surface area contributed by atoms with E-state index >= 15 is 0 Å². The average Bonchev–Trinajstić information content (AvgIpc) is 3.46. The number of benzene rings is 2. The first-order valence-electron chi connectivity index (χ1n) is 8.42. The van der Waals surface area contributed by atoms with Crippen LogP contribution in [-0.2, 0) is 6.54 Å². The number of carbonyl (C=O) groups excluding carboxylic acids is 1. The van der Waals surface area contributed by atoms with Gasteiger partial charge in [0.2, 0.25) is 0 Å². The molecule has 1 amide bonds. The maximum Gasteiger partial charge on any atom is 0.282 e. The number of thiocarbonyl (C=S) groups is 1. The Kier molecular flexibility index (Phi) is 5.58. The van der Waals surface area contributed by atoms with Gasteiger partial charge in [-0.2, -0.15) is 0 Å². The third kappa shape index (κ3) is 4.64. The number of nitrogens with zero attached hydrogens (tertiary/aromatic N) is 2. The summed E-state index contributed by atoms with van der Waals surface area (Å²) in [4.78, 5) is 25.0. The van der Waals surface area contributed by atoms with E-state index in [2.05, 4.69) is 5.32 Å². The molecule has 0 aliphatic heterocycles. The third-order valence-electron chi connectivity index (χ3n) is 4.24. The lowest BCUT2D eigenvalue weighted by Crippen LogP contribution is -2.43. The molecule has 1 N–H and O–H groups in total. The fraction of sp³-hybridized carbons (Fsp3) is 0.263. The molecule has 0 aromatic heterocycles. The molecular formula is C19H19N3O3S. The molecule has 0 spiro atoms. The molecule has 0 atom stereocenters. The molecule has 0 bridgehead atoms. The van der Waals surface area contributed by atoms with Crippen LogP contribution in [0, 0.1) is 16.0 Å². The molecule has 1 aliphatic rings. The number of nitrogens with one attached hydrogen (secondary N) is 1. The SMILES string of the molecule is O=C(NC(=S)N(Cc1ccccc1)CC1CC1)c1ccccc1[N+](=O)[O-]. The van der Waals surface area contributed by atoms with Crippen LogP contribution < -0.4 is 5.32 Å². The van der Waals surface area contributed by atoms with Crippen LogP contribution in [-0.4, -0.2) is 27.4 Å². The zero-order valence-corrected chi connectivity index (χ0v) is 14.9. The van der Waals surface area contributed by atoms with Gasteiger partial charge in [-0.1, -0.05) is 42.5 Å². The van der Waals surface area contributed by atoms with E-state index in [1.807, 2.05) is 35.2 Å². The van der Waals surface area contributed by atoms with E-state index in [9.17, 15) is 14.9 Å². The Morgan fingerprint density at radius 3 is 2.46 bits per heavy atom. The first-order chi connectivity index (χ1) is 12.5. The van der Waals surface area contributed by atoms with Crippen molar-refractivity contribution in [3.05, 3.63) is 75.8 Å². The quantitative estimate of drug-likeness (QED) is 0.479. The van der Waals surface area contributed by atoms with E-state index in [1.165, 1.54) is 18.2 Å². The van der Waals surface area contributed by atoms with E-state index in [1.54, 1.807) is 6.07 Å². The molecule has 6 nitrogen and oxygen atoms in total. The number of amides is 1. The van der Waals surface area contributed by atoms with Crippen molar-refractivity contribution >= 4 is 28.9 Å². The van der Waals surface area contributed by atoms with Gasteiger partial charge in [0.15, 0.2) is 5.11 Å². The topological polar surface area (TPSA) is 75.5 Å². The highest BCUT2D eigenvalue weighted by atomic mass is 32.1. The second kappa shape index (κ2) is 8.05. The number of hydrogen-bond acceptors (Lipinski definition) is 4. The Labute approximate surface area is 157 Å². The van der Waals surface area contributed by atoms with E-state index in [-0.39, 0.29) is 11.3 Å². The number of carbonyl (C=O) groups is 1. The molecule has 2 aromatic carbocycles. The number of nitro benzene ring substituents is 1. The summed E-state index contributed by atoms with van der Waals surface area (Å²) in [5, 5.41) is 14.1. The maximum absolute atomic E-state index is 12.5. The summed E-state index contributed by atoms with van der Waals surface area (Å²) in [7, 11) is 0. The largest absolute Gasteiger partial charge is 0.344 e. The van der Waals surface area contributed by atoms with Crippen LogP contribution in [0.3, 0.4) is 0 Å². The molecule has 0 heterocycles. The number of rotatable bonds is 6. The fourth-order valence-electron chi connectivity index (χ4n) is 2.70. The molecule has 134 valence electrons. The van der Waals surface area contributed by atoms with Gasteiger partial charge in [0.1, 0.15) is 5.56 Å². The predicted molar refractivity (Wildman–Crippen MR) is 103 cm³/mol. The monoisotopic (exact) mass is 369 g/mol. The molecule has 1 fully saturated rings. The van der Waals surface area contributed by atoms with E-state index < -0.39 is 10.8 Å². The minimum absolute atomic E-state index is 0.00549. The normalized spacial score (nSPS) is 13.1. The summed E-state index contributed by atoms with van der Waals surface area (Å²) in [6, 6.07) is 15.7. The summed E-state index contributed by atoms with van der Waals surface area (Å²) >= 11 is 5.43. The van der Waals surface area contributed by atoms with Gasteiger partial charge in [-0.3, -0.25) is 20.2 Å². The Morgan fingerprint density at radius 1 is 1.15 bits per heavy atom. The van der Waals surface area contributed by atoms with Gasteiger partial charge in [0.05, 0.1) is 4.92 Å². The van der Waals surface area contributed by atoms with Crippen LogP contribution >= 0.6 is 12.2 Å². The highest BCUT2D eigenvalue weighted by Gasteiger charge is 2.27. The van der Waals surface area contributed by atoms with Crippen LogP contribution in [0.5, 0.6) is 0 Å². The molecule has 0 unspecified atom stereocenters. The van der Waals surface area contributed by atoms with Crippen molar-refractivity contribution in [2.24, 2.45) is 5.92 Å². The minimum Gasteiger partial charge on any atom is -0.344 e. The standard InChI is InChI=1S/C19H19N3O3S/c23-18(16-8-4-5-9-17(16)22(24)25)20-19(26)21(13-15-10-11-15)12-14-6-2-1-3-7-14/h1-9,15H,10-13H2,(H,20,23,26). The first-order valence-corrected chi connectivity index (χ1v) is 8.83. The molecule has 0 radical (unpaired) electrons. The smallest absolute Gasteiger partial charge is 0.282 e. The van der Waals surface area contributed by atoms with Gasteiger partial charge in [0.25, 0.3) is 11.6 Å². The van der Waals surface area contributed by atoms with Crippen LogP contribution in [0.2, 0.25) is 0 Å². The van der Waals surface area contributed by atoms with Gasteiger partial charge >= 0.3 is 0 Å². The highest BCUT2D eigenvalue weighted by Crippen LogP contribution is 2.30. The summed E-state index contributed by atoms with van der Waals surface area (Å²) in [6.45, 7) is 1.36. The average molecular weight is 369 g/mol. The Balaban J connectivity index is 1.73. The molecule has 3 rings (SSSR count). The van der Waals surface area contributed by atoms with Crippen molar-refractivity contribution < 1.29 is 9.72 Å². The van der Waals surface area contributed by atoms with Crippen LogP contribution in [0.4, 0.5) is 5.69 Å². The minimum atomic E-state index is -0.566. The predicted octanol–water partition coefficient (Wildman–Crippen LogP) is 3.52. The van der Waals surface area contributed by atoms with Gasteiger partial charge in [0, 0.05) is 19.2 Å². The number of hydrogen-bond donors (Lipinski definition) is 1. The lowest BCUT2D eigenvalue weighted by Gasteiger charge is -2.25. The first kappa shape index (κ1) is 18.0. The zero-order valence-electron chi connectivity index (χ0n) is 14.1. The molecule has 2 aromatic rings. The van der Waals surface area contributed by atoms with Gasteiger partial charge in [-0.05, 0) is 42.6 Å². The van der Waals surface area contributed by atoms with E-state index in [4.69, 9.17) is 12.2 Å². The van der Waals surface area contributed by atoms with Gasteiger partial charge < -0.3 is 4.90 Å². The van der Waals surface area contributed by atoms with Crippen molar-refractivity contribution in [1.29, 1.82) is 0 Å². The molecular weight excluding hydrogens is 350 g/mol. The number of nitro groups is 1. The molecule has 26 heavy (non-hydrogen) atoms. The fourth-order valence-corrected chi connectivity index (χ4v) is 2.94. The lowest BCUT2D eigenvalue weighted by molar-refractivity contribution is -0.385. The molecule has 1 saturated carbocycles. The van der Waals surface area contributed by atoms with Crippen LogP contribution in [0.25, 0.3) is 0 Å². The van der Waals surface area contributed by atoms with Crippen molar-refractivity contribution in [3.63, 3.8) is 0 Å². The second-order valence-corrected chi connectivity index (χ2v) is 6.73. The summed E-state index contributed by atoms with van der Waals surface area (Å²) < 4.78 is 0. The third-order valence-corrected chi connectivity index (χ3v) is 4.61. The molecule has 0 saturated heterocycles. The van der Waals surface area contributed by atoms with Crippen molar-refractivity contribution in [2.45, 2.75) is 19.4 Å². The Bertz CT molecular complexity index is 822. The lowest BCUT2D eigenvalue weighted by atomic mass is 10.1. The van der Waals surface area contributed by atoms with E-state index in [0.717, 1.165) is 24.9 Å². The summed E-state index contributed by atoms with van der Waals surface area (Å²) in [5.41, 5.74) is 0.867. The van der Waals surface area contributed by atoms with Gasteiger partial charge in [-0.25, -0.2) is 0 Å². The highest BCUT2D eigenvalue weighted by molar-refractivity contribution is 7.80. The van der Waals surface area contributed by atoms with Gasteiger partial charge in [-0.15, -0.1) is 0 Å². The van der Waals surface area contributed by atoms with Crippen LogP contribution in [0.1, 0.15) is 28.8 Å². The molecule has 7 heteroatoms. The number of para-hydroxylation sites is 1. The Morgan fingerprint density at radius 2 is 1.81 bits per heavy atom. The van der Waals surface area contributed by atoms with Crippen LogP contribution in [0.15, 0.2) is 54.6 Å². The zero-order chi connectivity index (χ0) is 18.5. The van der Waals surface area contributed by atoms with Crippen molar-refractivity contribution in [2.75, 3.05) is 6.54 Å². The summed E-state index contributed by atoms with van der Waals surface area (Å²) in [5.74, 6) is 0.0239. The summed E-state index contributed by atoms with van der Waals surface area (Å²) in [6.07, 6.45) is 2.32. The van der Waals surface area contributed by atoms with Crippen molar-refractivity contribution in [1.82, 2.24) is 10.2 Å². The second-order valence-electron chi connectivity index (χ2n) is 6.34. The maximum atomic E-state index is 12.5. The van der Waals surface area contributed by atoms with Crippen molar-refractivity contribution in [3.8, 4) is 0 Å².